The van der Waals surface area contributed by atoms with Crippen molar-refractivity contribution in [3.63, 3.8) is 0 Å². The summed E-state index contributed by atoms with van der Waals surface area (Å²) in [6, 6.07) is -0.218. The Bertz CT molecular complexity index is 1590. The molecule has 0 radical (unpaired) electrons. The highest BCUT2D eigenvalue weighted by atomic mass is 16.5. The smallest absolute Gasteiger partial charge is 0.309 e. The van der Waals surface area contributed by atoms with Crippen molar-refractivity contribution in [3.05, 3.63) is 11.1 Å². The SMILES string of the molecule is CC(C)C1=C2[C@H]3CC[C@@H]4[C@@]5(C)CC[C@H](OC(=O)[C@H]6C[C@@H](C(=O)O)C6(C)C)C(C)(C)[C@@H]5CC[C@@]4(C)[C@]3(C)CC[C@@]2([C@@H](O)CNC(=O)[C@H]2CCCCN2)CC1=O. The van der Waals surface area contributed by atoms with E-state index in [1.54, 1.807) is 0 Å². The van der Waals surface area contributed by atoms with Crippen LogP contribution in [-0.4, -0.2) is 65.2 Å². The van der Waals surface area contributed by atoms with Crippen LogP contribution >= 0.6 is 0 Å². The molecule has 4 N–H and O–H groups in total. The molecule has 1 saturated heterocycles. The number of rotatable bonds is 8. The molecule has 6 fully saturated rings. The number of piperidine rings is 1. The van der Waals surface area contributed by atoms with Crippen molar-refractivity contribution in [1.29, 1.82) is 0 Å². The number of hydrogen-bond donors (Lipinski definition) is 4. The molecule has 7 aliphatic rings. The molecule has 7 rings (SSSR count). The number of nitrogens with one attached hydrogen (secondary N) is 2. The van der Waals surface area contributed by atoms with Gasteiger partial charge in [-0.1, -0.05) is 74.3 Å². The second-order valence-electron chi connectivity index (χ2n) is 21.4. The van der Waals surface area contributed by atoms with Gasteiger partial charge >= 0.3 is 11.9 Å². The molecule has 1 aliphatic heterocycles. The number of carboxylic acid groups (broad SMARTS) is 1. The van der Waals surface area contributed by atoms with E-state index in [9.17, 15) is 29.4 Å². The summed E-state index contributed by atoms with van der Waals surface area (Å²) in [6.07, 6.45) is 10.3. The lowest BCUT2D eigenvalue weighted by molar-refractivity contribution is -0.238. The second-order valence-corrected chi connectivity index (χ2v) is 21.4. The zero-order valence-electron chi connectivity index (χ0n) is 34.7. The van der Waals surface area contributed by atoms with Crippen LogP contribution in [0.4, 0.5) is 0 Å². The summed E-state index contributed by atoms with van der Waals surface area (Å²) in [4.78, 5) is 52.6. The van der Waals surface area contributed by atoms with Crippen LogP contribution in [0.5, 0.6) is 0 Å². The molecule has 0 aromatic carbocycles. The van der Waals surface area contributed by atoms with Crippen LogP contribution in [0.25, 0.3) is 0 Å². The molecule has 0 unspecified atom stereocenters. The first-order chi connectivity index (χ1) is 25.2. The Morgan fingerprint density at radius 1 is 0.852 bits per heavy atom. The number of esters is 1. The summed E-state index contributed by atoms with van der Waals surface area (Å²) >= 11 is 0. The minimum Gasteiger partial charge on any atom is -0.481 e. The fraction of sp³-hybridized carbons (Fsp3) is 0.867. The maximum absolute atomic E-state index is 14.1. The lowest BCUT2D eigenvalue weighted by atomic mass is 9.33. The van der Waals surface area contributed by atoms with Crippen molar-refractivity contribution in [2.45, 2.75) is 164 Å². The fourth-order valence-corrected chi connectivity index (χ4v) is 14.8. The largest absolute Gasteiger partial charge is 0.481 e. The number of Topliss-reactive ketones (excluding diaryl/α,β-unsaturated/α-hetero) is 1. The summed E-state index contributed by atoms with van der Waals surface area (Å²) in [5.41, 5.74) is 0.732. The molecule has 54 heavy (non-hydrogen) atoms. The van der Waals surface area contributed by atoms with E-state index in [2.05, 4.69) is 59.1 Å². The number of carbonyl (C=O) groups excluding carboxylic acids is 3. The molecule has 9 heteroatoms. The number of allylic oxidation sites excluding steroid dienone is 1. The van der Waals surface area contributed by atoms with Crippen LogP contribution in [0.1, 0.15) is 146 Å². The Balaban J connectivity index is 1.13. The topological polar surface area (TPSA) is 142 Å². The molecular formula is C45H70N2O7. The molecule has 0 spiro atoms. The lowest BCUT2D eigenvalue weighted by Crippen LogP contribution is -2.66. The first-order valence-electron chi connectivity index (χ1n) is 21.6. The number of aliphatic carboxylic acids is 1. The molecular weight excluding hydrogens is 681 g/mol. The van der Waals surface area contributed by atoms with Crippen molar-refractivity contribution < 1.29 is 34.1 Å². The maximum Gasteiger partial charge on any atom is 0.309 e. The molecule has 6 aliphatic carbocycles. The van der Waals surface area contributed by atoms with Crippen LogP contribution in [0.3, 0.4) is 0 Å². The Morgan fingerprint density at radius 2 is 1.57 bits per heavy atom. The molecule has 1 heterocycles. The van der Waals surface area contributed by atoms with Gasteiger partial charge in [-0.3, -0.25) is 19.2 Å². The Kier molecular flexibility index (Phi) is 9.92. The number of carbonyl (C=O) groups is 4. The van der Waals surface area contributed by atoms with Gasteiger partial charge in [-0.25, -0.2) is 0 Å². The van der Waals surface area contributed by atoms with Gasteiger partial charge in [0.05, 0.1) is 24.0 Å². The van der Waals surface area contributed by atoms with Crippen LogP contribution < -0.4 is 10.6 Å². The van der Waals surface area contributed by atoms with Gasteiger partial charge in [0.15, 0.2) is 5.78 Å². The van der Waals surface area contributed by atoms with Crippen LogP contribution in [0.15, 0.2) is 11.1 Å². The number of aliphatic hydroxyl groups is 1. The van der Waals surface area contributed by atoms with Crippen molar-refractivity contribution >= 4 is 23.6 Å². The van der Waals surface area contributed by atoms with Crippen LogP contribution in [0, 0.1) is 68.0 Å². The van der Waals surface area contributed by atoms with Crippen molar-refractivity contribution in [2.24, 2.45) is 68.0 Å². The number of carboxylic acids is 1. The van der Waals surface area contributed by atoms with E-state index in [0.29, 0.717) is 24.7 Å². The van der Waals surface area contributed by atoms with Crippen LogP contribution in [-0.2, 0) is 23.9 Å². The van der Waals surface area contributed by atoms with E-state index in [0.717, 1.165) is 82.7 Å². The number of aliphatic hydroxyl groups excluding tert-OH is 1. The van der Waals surface area contributed by atoms with Gasteiger partial charge in [0.2, 0.25) is 5.91 Å². The van der Waals surface area contributed by atoms with E-state index in [1.807, 2.05) is 13.8 Å². The minimum atomic E-state index is -0.835. The van der Waals surface area contributed by atoms with Gasteiger partial charge in [-0.15, -0.1) is 0 Å². The highest BCUT2D eigenvalue weighted by Crippen LogP contribution is 2.77. The Hall–Kier alpha value is -2.26. The fourth-order valence-electron chi connectivity index (χ4n) is 14.8. The zero-order valence-corrected chi connectivity index (χ0v) is 34.7. The average Bonchev–Trinajstić information content (AvgIpc) is 3.41. The van der Waals surface area contributed by atoms with Gasteiger partial charge < -0.3 is 25.6 Å². The quantitative estimate of drug-likeness (QED) is 0.190. The van der Waals surface area contributed by atoms with E-state index in [1.165, 1.54) is 5.57 Å². The minimum absolute atomic E-state index is 0.0290. The molecule has 5 saturated carbocycles. The molecule has 12 atom stereocenters. The Morgan fingerprint density at radius 3 is 2.20 bits per heavy atom. The van der Waals surface area contributed by atoms with Gasteiger partial charge in [0, 0.05) is 23.8 Å². The third-order valence-corrected chi connectivity index (χ3v) is 18.3. The third kappa shape index (κ3) is 5.64. The highest BCUT2D eigenvalue weighted by Gasteiger charge is 2.71. The summed E-state index contributed by atoms with van der Waals surface area (Å²) in [5, 5.41) is 28.2. The molecule has 1 amide bonds. The normalized spacial score (nSPS) is 44.2. The van der Waals surface area contributed by atoms with Gasteiger partial charge in [0.1, 0.15) is 6.10 Å². The number of ether oxygens (including phenoxy) is 1. The monoisotopic (exact) mass is 751 g/mol. The maximum atomic E-state index is 14.1. The third-order valence-electron chi connectivity index (χ3n) is 18.3. The number of hydrogen-bond acceptors (Lipinski definition) is 7. The first-order valence-corrected chi connectivity index (χ1v) is 21.6. The average molecular weight is 751 g/mol. The standard InChI is InChI=1S/C45H70N2O7/c1-25(2)35-30(48)23-45(33(49)24-47-37(50)29-12-10-11-21-46-29)20-19-43(8)26(36(35)45)13-14-32-42(7)17-16-34(41(5,6)31(42)15-18-44(32,43)9)54-39(53)28-22-27(38(51)52)40(28,3)4/h25-29,31-34,46,49H,10-24H2,1-9H3,(H,47,50)(H,51,52)/t26-,27+,28-,29-,31+,32-,33+,34+,42+,43-,44-,45+/m1/s1. The Labute approximate surface area is 324 Å². The molecule has 9 nitrogen and oxygen atoms in total. The van der Waals surface area contributed by atoms with Crippen molar-refractivity contribution in [3.8, 4) is 0 Å². The molecule has 302 valence electrons. The number of fused-ring (bicyclic) bond motifs is 7. The summed E-state index contributed by atoms with van der Waals surface area (Å²) in [6.45, 7) is 21.2. The van der Waals surface area contributed by atoms with Gasteiger partial charge in [-0.2, -0.15) is 0 Å². The van der Waals surface area contributed by atoms with E-state index >= 15 is 0 Å². The highest BCUT2D eigenvalue weighted by molar-refractivity contribution is 6.01. The summed E-state index contributed by atoms with van der Waals surface area (Å²) < 4.78 is 6.41. The predicted octanol–water partition coefficient (Wildman–Crippen LogP) is 7.25. The summed E-state index contributed by atoms with van der Waals surface area (Å²) in [5.74, 6) is -0.705. The predicted molar refractivity (Wildman–Crippen MR) is 207 cm³/mol. The van der Waals surface area contributed by atoms with Crippen LogP contribution in [0.2, 0.25) is 0 Å². The van der Waals surface area contributed by atoms with Gasteiger partial charge in [-0.05, 0) is 128 Å². The van der Waals surface area contributed by atoms with Crippen molar-refractivity contribution in [1.82, 2.24) is 10.6 Å². The molecule has 0 bridgehead atoms. The van der Waals surface area contributed by atoms with E-state index < -0.39 is 28.8 Å². The van der Waals surface area contributed by atoms with E-state index in [-0.39, 0.29) is 75.8 Å². The second kappa shape index (κ2) is 13.4. The number of ketones is 1. The van der Waals surface area contributed by atoms with E-state index in [4.69, 9.17) is 4.74 Å². The lowest BCUT2D eigenvalue weighted by Gasteiger charge is -2.72. The first kappa shape index (κ1) is 40.0. The van der Waals surface area contributed by atoms with Gasteiger partial charge in [0.25, 0.3) is 0 Å². The zero-order chi connectivity index (χ0) is 39.4. The molecule has 0 aromatic rings. The molecule has 0 aromatic heterocycles. The van der Waals surface area contributed by atoms with Crippen molar-refractivity contribution in [2.75, 3.05) is 13.1 Å². The number of amides is 1. The summed E-state index contributed by atoms with van der Waals surface area (Å²) in [7, 11) is 0.